The molecule has 2 aromatic rings. The van der Waals surface area contributed by atoms with Crippen LogP contribution in [0.2, 0.25) is 5.02 Å². The summed E-state index contributed by atoms with van der Waals surface area (Å²) in [5.41, 5.74) is -1.77. The molecule has 2 aromatic carbocycles. The Morgan fingerprint density at radius 2 is 1.86 bits per heavy atom. The second-order valence-corrected chi connectivity index (χ2v) is 9.98. The monoisotopic (exact) mass is 508 g/mol. The quantitative estimate of drug-likeness (QED) is 0.556. The molecule has 0 aliphatic carbocycles. The van der Waals surface area contributed by atoms with Crippen molar-refractivity contribution in [3.63, 3.8) is 0 Å². The zero-order valence-electron chi connectivity index (χ0n) is 19.2. The largest absolute Gasteiger partial charge is 0.480 e. The first-order chi connectivity index (χ1) is 16.3. The normalized spacial score (nSPS) is 26.5. The highest BCUT2D eigenvalue weighted by atomic mass is 35.5. The van der Waals surface area contributed by atoms with E-state index in [0.29, 0.717) is 5.02 Å². The number of carbonyl (C=O) groups is 3. The summed E-state index contributed by atoms with van der Waals surface area (Å²) >= 11 is 6.21. The molecule has 10 heteroatoms. The van der Waals surface area contributed by atoms with Crippen molar-refractivity contribution in [2.45, 2.75) is 44.9 Å². The van der Waals surface area contributed by atoms with Crippen LogP contribution in [0.15, 0.2) is 42.5 Å². The van der Waals surface area contributed by atoms with Gasteiger partial charge in [-0.3, -0.25) is 19.7 Å². The van der Waals surface area contributed by atoms with E-state index in [4.69, 9.17) is 11.6 Å². The Morgan fingerprint density at radius 3 is 2.43 bits per heavy atom. The van der Waals surface area contributed by atoms with Crippen LogP contribution in [0.3, 0.4) is 0 Å². The average Bonchev–Trinajstić information content (AvgIpc) is 3.24. The Hall–Kier alpha value is -2.91. The molecule has 2 fully saturated rings. The second-order valence-electron chi connectivity index (χ2n) is 9.57. The van der Waals surface area contributed by atoms with Gasteiger partial charge in [0, 0.05) is 11.1 Å². The number of aryl methyl sites for hydroxylation is 1. The van der Waals surface area contributed by atoms with Gasteiger partial charge < -0.3 is 5.11 Å². The fourth-order valence-corrected chi connectivity index (χ4v) is 5.46. The highest BCUT2D eigenvalue weighted by Crippen LogP contribution is 2.52. The van der Waals surface area contributed by atoms with E-state index < -0.39 is 52.9 Å². The van der Waals surface area contributed by atoms with Gasteiger partial charge in [0.2, 0.25) is 11.8 Å². The predicted octanol–water partition coefficient (Wildman–Crippen LogP) is 4.99. The molecule has 35 heavy (non-hydrogen) atoms. The predicted molar refractivity (Wildman–Crippen MR) is 123 cm³/mol. The summed E-state index contributed by atoms with van der Waals surface area (Å²) in [7, 11) is 0. The van der Waals surface area contributed by atoms with E-state index in [-0.39, 0.29) is 23.6 Å². The highest BCUT2D eigenvalue weighted by Gasteiger charge is 2.68. The lowest BCUT2D eigenvalue weighted by Crippen LogP contribution is -2.56. The maximum absolute atomic E-state index is 13.7. The lowest BCUT2D eigenvalue weighted by molar-refractivity contribution is -0.149. The first kappa shape index (κ1) is 25.2. The number of imide groups is 1. The molecule has 0 saturated carbocycles. The van der Waals surface area contributed by atoms with Crippen LogP contribution in [0.5, 0.6) is 0 Å². The maximum atomic E-state index is 13.7. The van der Waals surface area contributed by atoms with Gasteiger partial charge in [-0.15, -0.1) is 0 Å². The maximum Gasteiger partial charge on any atom is 0.416 e. The van der Waals surface area contributed by atoms with E-state index in [1.165, 1.54) is 24.3 Å². The molecule has 2 aliphatic rings. The number of carboxylic acids is 1. The summed E-state index contributed by atoms with van der Waals surface area (Å²) in [6.45, 7) is 5.30. The average molecular weight is 509 g/mol. The van der Waals surface area contributed by atoms with Crippen LogP contribution < -0.4 is 10.2 Å². The SMILES string of the molecule is Cc1ccc(N2C(=O)C3C(c4cccc(C(F)(F)F)c4)NC(CC(C)C)(C(=O)O)C3C2=O)cc1Cl. The summed E-state index contributed by atoms with van der Waals surface area (Å²) in [5.74, 6) is -5.44. The number of nitrogens with one attached hydrogen (secondary N) is 1. The number of nitrogens with zero attached hydrogens (tertiary/aromatic N) is 1. The lowest BCUT2D eigenvalue weighted by atomic mass is 9.75. The van der Waals surface area contributed by atoms with Crippen LogP contribution in [-0.4, -0.2) is 28.4 Å². The molecule has 0 radical (unpaired) electrons. The van der Waals surface area contributed by atoms with E-state index in [1.807, 2.05) is 0 Å². The number of halogens is 4. The second kappa shape index (κ2) is 8.64. The van der Waals surface area contributed by atoms with E-state index in [2.05, 4.69) is 5.32 Å². The Kier molecular flexibility index (Phi) is 6.22. The van der Waals surface area contributed by atoms with Crippen molar-refractivity contribution < 1.29 is 32.7 Å². The van der Waals surface area contributed by atoms with Crippen molar-refractivity contribution in [3.8, 4) is 0 Å². The van der Waals surface area contributed by atoms with Crippen LogP contribution in [0.1, 0.15) is 43.0 Å². The molecule has 2 saturated heterocycles. The first-order valence-corrected chi connectivity index (χ1v) is 11.5. The number of fused-ring (bicyclic) bond motifs is 1. The highest BCUT2D eigenvalue weighted by molar-refractivity contribution is 6.32. The molecular formula is C25H24ClF3N2O4. The van der Waals surface area contributed by atoms with Gasteiger partial charge >= 0.3 is 12.1 Å². The van der Waals surface area contributed by atoms with E-state index in [1.54, 1.807) is 26.8 Å². The Bertz CT molecular complexity index is 1220. The standard InChI is InChI=1S/C25H24ClF3N2O4/c1-12(2)11-24(23(34)35)19-18(20(30-24)14-5-4-6-15(9-14)25(27,28)29)21(32)31(22(19)33)16-8-7-13(3)17(26)10-16/h4-10,12,18-20,30H,11H2,1-3H3,(H,34,35). The number of benzene rings is 2. The fourth-order valence-electron chi connectivity index (χ4n) is 5.29. The van der Waals surface area contributed by atoms with Gasteiger partial charge in [0.15, 0.2) is 0 Å². The minimum Gasteiger partial charge on any atom is -0.480 e. The summed E-state index contributed by atoms with van der Waals surface area (Å²) in [4.78, 5) is 40.9. The van der Waals surface area contributed by atoms with Crippen molar-refractivity contribution in [3.05, 3.63) is 64.2 Å². The van der Waals surface area contributed by atoms with Crippen molar-refractivity contribution in [2.75, 3.05) is 4.90 Å². The summed E-state index contributed by atoms with van der Waals surface area (Å²) in [5, 5.41) is 13.5. The Morgan fingerprint density at radius 1 is 1.17 bits per heavy atom. The number of aliphatic carboxylic acids is 1. The number of carboxylic acid groups (broad SMARTS) is 1. The van der Waals surface area contributed by atoms with Gasteiger partial charge in [-0.2, -0.15) is 13.2 Å². The van der Waals surface area contributed by atoms with Gasteiger partial charge in [0.05, 0.1) is 23.1 Å². The number of alkyl halides is 3. The minimum absolute atomic E-state index is 0.000472. The molecular weight excluding hydrogens is 485 g/mol. The van der Waals surface area contributed by atoms with Crippen LogP contribution in [0, 0.1) is 24.7 Å². The Labute approximate surface area is 205 Å². The van der Waals surface area contributed by atoms with Gasteiger partial charge in [0.1, 0.15) is 5.54 Å². The summed E-state index contributed by atoms with van der Waals surface area (Å²) < 4.78 is 40.2. The number of hydrogen-bond donors (Lipinski definition) is 2. The molecule has 4 atom stereocenters. The molecule has 186 valence electrons. The number of anilines is 1. The van der Waals surface area contributed by atoms with Crippen molar-refractivity contribution >= 4 is 35.1 Å². The van der Waals surface area contributed by atoms with Crippen LogP contribution in [0.4, 0.5) is 18.9 Å². The number of rotatable bonds is 5. The number of hydrogen-bond acceptors (Lipinski definition) is 4. The van der Waals surface area contributed by atoms with Crippen molar-refractivity contribution in [2.24, 2.45) is 17.8 Å². The summed E-state index contributed by atoms with van der Waals surface area (Å²) in [6.07, 6.45) is -4.63. The third-order valence-electron chi connectivity index (χ3n) is 6.75. The zero-order valence-corrected chi connectivity index (χ0v) is 19.9. The summed E-state index contributed by atoms with van der Waals surface area (Å²) in [6, 6.07) is 7.91. The fraction of sp³-hybridized carbons (Fsp3) is 0.400. The third-order valence-corrected chi connectivity index (χ3v) is 7.16. The van der Waals surface area contributed by atoms with E-state index in [9.17, 15) is 32.7 Å². The van der Waals surface area contributed by atoms with E-state index in [0.717, 1.165) is 22.6 Å². The first-order valence-electron chi connectivity index (χ1n) is 11.1. The van der Waals surface area contributed by atoms with Gasteiger partial charge in [-0.1, -0.05) is 43.6 Å². The van der Waals surface area contributed by atoms with Crippen molar-refractivity contribution in [1.82, 2.24) is 5.32 Å². The van der Waals surface area contributed by atoms with Crippen LogP contribution in [-0.2, 0) is 20.6 Å². The third kappa shape index (κ3) is 4.10. The molecule has 2 N–H and O–H groups in total. The number of amides is 2. The molecule has 0 spiro atoms. The van der Waals surface area contributed by atoms with Crippen LogP contribution in [0.25, 0.3) is 0 Å². The lowest BCUT2D eigenvalue weighted by Gasteiger charge is -2.32. The smallest absolute Gasteiger partial charge is 0.416 e. The molecule has 6 nitrogen and oxygen atoms in total. The molecule has 2 amide bonds. The molecule has 0 bridgehead atoms. The van der Waals surface area contributed by atoms with Gasteiger partial charge in [-0.25, -0.2) is 4.90 Å². The Balaban J connectivity index is 1.88. The molecule has 4 rings (SSSR count). The van der Waals surface area contributed by atoms with Crippen molar-refractivity contribution in [1.29, 1.82) is 0 Å². The van der Waals surface area contributed by atoms with E-state index >= 15 is 0 Å². The van der Waals surface area contributed by atoms with Gasteiger partial charge in [-0.05, 0) is 54.7 Å². The van der Waals surface area contributed by atoms with Gasteiger partial charge in [0.25, 0.3) is 0 Å². The number of carbonyl (C=O) groups excluding carboxylic acids is 2. The molecule has 4 unspecified atom stereocenters. The minimum atomic E-state index is -4.63. The molecule has 2 aliphatic heterocycles. The van der Waals surface area contributed by atoms with Crippen LogP contribution >= 0.6 is 11.6 Å². The molecule has 2 heterocycles. The zero-order chi connectivity index (χ0) is 25.9. The molecule has 0 aromatic heterocycles. The topological polar surface area (TPSA) is 86.7 Å².